The summed E-state index contributed by atoms with van der Waals surface area (Å²) in [5, 5.41) is 0. The van der Waals surface area contributed by atoms with E-state index in [1.807, 2.05) is 0 Å². The van der Waals surface area contributed by atoms with Crippen LogP contribution in [-0.4, -0.2) is 33.7 Å². The molecule has 0 aliphatic rings. The lowest BCUT2D eigenvalue weighted by Gasteiger charge is -2.08. The molecule has 18 heavy (non-hydrogen) atoms. The second-order valence-corrected chi connectivity index (χ2v) is 5.60. The summed E-state index contributed by atoms with van der Waals surface area (Å²) in [5.41, 5.74) is 5.21. The van der Waals surface area contributed by atoms with Crippen LogP contribution in [-0.2, 0) is 14.8 Å². The van der Waals surface area contributed by atoms with Crippen LogP contribution < -0.4 is 10.5 Å². The van der Waals surface area contributed by atoms with Gasteiger partial charge in [-0.3, -0.25) is 0 Å². The van der Waals surface area contributed by atoms with E-state index in [0.29, 0.717) is 0 Å². The molecule has 1 rings (SSSR count). The second-order valence-electron chi connectivity index (χ2n) is 3.40. The molecular weight excluding hydrogens is 279 g/mol. The molecule has 0 fully saturated rings. The third kappa shape index (κ3) is 3.70. The van der Waals surface area contributed by atoms with Gasteiger partial charge < -0.3 is 10.5 Å². The van der Waals surface area contributed by atoms with Gasteiger partial charge in [0.15, 0.2) is 0 Å². The molecule has 0 aliphatic carbocycles. The quantitative estimate of drug-likeness (QED) is 0.585. The maximum Gasteiger partial charge on any atom is 0.240 e. The first kappa shape index (κ1) is 15.0. The minimum Gasteiger partial charge on any atom is -0.389 e. The van der Waals surface area contributed by atoms with Gasteiger partial charge in [-0.05, 0) is 18.2 Å². The Labute approximate surface area is 110 Å². The van der Waals surface area contributed by atoms with Crippen molar-refractivity contribution < 1.29 is 17.5 Å². The van der Waals surface area contributed by atoms with Gasteiger partial charge in [-0.1, -0.05) is 12.2 Å². The number of hydrogen-bond donors (Lipinski definition) is 2. The van der Waals surface area contributed by atoms with Gasteiger partial charge in [0.1, 0.15) is 10.8 Å². The molecule has 1 aromatic rings. The number of rotatable bonds is 6. The van der Waals surface area contributed by atoms with Crippen molar-refractivity contribution in [2.75, 3.05) is 20.3 Å². The van der Waals surface area contributed by atoms with E-state index in [1.54, 1.807) is 0 Å². The number of ether oxygens (including phenoxy) is 1. The van der Waals surface area contributed by atoms with Crippen molar-refractivity contribution in [3.05, 3.63) is 29.6 Å². The van der Waals surface area contributed by atoms with Gasteiger partial charge >= 0.3 is 0 Å². The summed E-state index contributed by atoms with van der Waals surface area (Å²) in [6.45, 7) is 0.362. The summed E-state index contributed by atoms with van der Waals surface area (Å²) in [4.78, 5) is -0.288. The fraction of sp³-hybridized carbons (Fsp3) is 0.300. The number of nitrogens with two attached hydrogens (primary N) is 1. The Hall–Kier alpha value is -1.09. The zero-order valence-electron chi connectivity index (χ0n) is 9.64. The van der Waals surface area contributed by atoms with E-state index in [9.17, 15) is 12.8 Å². The number of hydrogen-bond acceptors (Lipinski definition) is 4. The molecule has 0 radical (unpaired) electrons. The van der Waals surface area contributed by atoms with Crippen molar-refractivity contribution in [3.63, 3.8) is 0 Å². The lowest BCUT2D eigenvalue weighted by Crippen LogP contribution is -2.27. The molecular formula is C10H13FN2O3S2. The molecule has 3 N–H and O–H groups in total. The Balaban J connectivity index is 3.02. The Bertz CT molecular complexity index is 546. The highest BCUT2D eigenvalue weighted by Gasteiger charge is 2.16. The summed E-state index contributed by atoms with van der Waals surface area (Å²) in [7, 11) is -2.26. The maximum absolute atomic E-state index is 13.3. The van der Waals surface area contributed by atoms with Crippen LogP contribution in [0.5, 0.6) is 0 Å². The molecule has 0 saturated heterocycles. The molecule has 0 atom stereocenters. The van der Waals surface area contributed by atoms with Crippen molar-refractivity contribution in [2.24, 2.45) is 5.73 Å². The van der Waals surface area contributed by atoms with Gasteiger partial charge in [0.2, 0.25) is 10.0 Å². The van der Waals surface area contributed by atoms with Crippen molar-refractivity contribution in [1.29, 1.82) is 0 Å². The highest BCUT2D eigenvalue weighted by molar-refractivity contribution is 7.89. The summed E-state index contributed by atoms with van der Waals surface area (Å²) < 4.78 is 44.0. The number of methoxy groups -OCH3 is 1. The van der Waals surface area contributed by atoms with E-state index in [-0.39, 0.29) is 28.6 Å². The molecule has 100 valence electrons. The van der Waals surface area contributed by atoms with Gasteiger partial charge in [0.25, 0.3) is 0 Å². The van der Waals surface area contributed by atoms with Crippen LogP contribution >= 0.6 is 12.2 Å². The van der Waals surface area contributed by atoms with Crippen LogP contribution in [0.3, 0.4) is 0 Å². The molecule has 0 unspecified atom stereocenters. The minimum atomic E-state index is -3.72. The van der Waals surface area contributed by atoms with Crippen molar-refractivity contribution >= 4 is 27.2 Å². The van der Waals surface area contributed by atoms with Gasteiger partial charge in [-0.25, -0.2) is 17.5 Å². The average molecular weight is 292 g/mol. The zero-order chi connectivity index (χ0) is 13.8. The number of benzene rings is 1. The van der Waals surface area contributed by atoms with E-state index in [2.05, 4.69) is 16.9 Å². The molecule has 0 bridgehead atoms. The average Bonchev–Trinajstić information content (AvgIpc) is 2.29. The van der Waals surface area contributed by atoms with Crippen LogP contribution in [0.25, 0.3) is 0 Å². The standard InChI is InChI=1S/C10H13FN2O3S2/c1-16-5-4-13-18(14,15)7-2-3-9(11)8(6-7)10(12)17/h2-3,6,13H,4-5H2,1H3,(H2,12,17). The third-order valence-corrected chi connectivity index (χ3v) is 3.79. The molecule has 0 amide bonds. The molecule has 0 aliphatic heterocycles. The molecule has 0 aromatic heterocycles. The number of nitrogens with one attached hydrogen (secondary N) is 1. The second kappa shape index (κ2) is 6.19. The Morgan fingerprint density at radius 2 is 2.22 bits per heavy atom. The lowest BCUT2D eigenvalue weighted by atomic mass is 10.2. The first-order valence-corrected chi connectivity index (χ1v) is 6.85. The van der Waals surface area contributed by atoms with Crippen LogP contribution in [0, 0.1) is 5.82 Å². The fourth-order valence-corrected chi connectivity index (χ4v) is 2.42. The smallest absolute Gasteiger partial charge is 0.240 e. The van der Waals surface area contributed by atoms with Gasteiger partial charge in [0, 0.05) is 19.2 Å². The monoisotopic (exact) mass is 292 g/mol. The van der Waals surface area contributed by atoms with Crippen molar-refractivity contribution in [3.8, 4) is 0 Å². The van der Waals surface area contributed by atoms with Crippen LogP contribution in [0.1, 0.15) is 5.56 Å². The zero-order valence-corrected chi connectivity index (χ0v) is 11.3. The van der Waals surface area contributed by atoms with Crippen molar-refractivity contribution in [1.82, 2.24) is 4.72 Å². The minimum absolute atomic E-state index is 0.0946. The summed E-state index contributed by atoms with van der Waals surface area (Å²) in [6.07, 6.45) is 0. The van der Waals surface area contributed by atoms with E-state index < -0.39 is 15.8 Å². The number of thiocarbonyl (C=S) groups is 1. The molecule has 1 aromatic carbocycles. The van der Waals surface area contributed by atoms with Gasteiger partial charge in [-0.2, -0.15) is 0 Å². The topological polar surface area (TPSA) is 81.4 Å². The van der Waals surface area contributed by atoms with Crippen LogP contribution in [0.2, 0.25) is 0 Å². The van der Waals surface area contributed by atoms with Crippen LogP contribution in [0.15, 0.2) is 23.1 Å². The Morgan fingerprint density at radius 1 is 1.56 bits per heavy atom. The predicted molar refractivity (Wildman–Crippen MR) is 69.4 cm³/mol. The third-order valence-electron chi connectivity index (χ3n) is 2.11. The Morgan fingerprint density at radius 3 is 2.78 bits per heavy atom. The van der Waals surface area contributed by atoms with Gasteiger partial charge in [-0.15, -0.1) is 0 Å². The highest BCUT2D eigenvalue weighted by Crippen LogP contribution is 2.14. The summed E-state index contributed by atoms with van der Waals surface area (Å²) in [5.74, 6) is -0.654. The SMILES string of the molecule is COCCNS(=O)(=O)c1ccc(F)c(C(N)=S)c1. The molecule has 0 heterocycles. The number of sulfonamides is 1. The van der Waals surface area contributed by atoms with E-state index >= 15 is 0 Å². The molecule has 8 heteroatoms. The highest BCUT2D eigenvalue weighted by atomic mass is 32.2. The lowest BCUT2D eigenvalue weighted by molar-refractivity contribution is 0.204. The van der Waals surface area contributed by atoms with E-state index in [0.717, 1.165) is 18.2 Å². The molecule has 0 saturated carbocycles. The van der Waals surface area contributed by atoms with Gasteiger partial charge in [0.05, 0.1) is 11.5 Å². The largest absolute Gasteiger partial charge is 0.389 e. The summed E-state index contributed by atoms with van der Waals surface area (Å²) in [6, 6.07) is 3.26. The Kier molecular flexibility index (Phi) is 5.15. The van der Waals surface area contributed by atoms with Crippen LogP contribution in [0.4, 0.5) is 4.39 Å². The number of halogens is 1. The van der Waals surface area contributed by atoms with E-state index in [4.69, 9.17) is 10.5 Å². The first-order valence-electron chi connectivity index (χ1n) is 4.96. The van der Waals surface area contributed by atoms with E-state index in [1.165, 1.54) is 7.11 Å². The molecule has 0 spiro atoms. The summed E-state index contributed by atoms with van der Waals surface area (Å²) >= 11 is 4.64. The predicted octanol–water partition coefficient (Wildman–Crippen LogP) is 0.385. The fourth-order valence-electron chi connectivity index (χ4n) is 1.22. The normalized spacial score (nSPS) is 11.4. The van der Waals surface area contributed by atoms with Crippen molar-refractivity contribution in [2.45, 2.75) is 4.90 Å². The maximum atomic E-state index is 13.3. The first-order chi connectivity index (χ1) is 8.38. The molecule has 5 nitrogen and oxygen atoms in total.